The number of carboxylic acid groups (broad SMARTS) is 1. The molecule has 0 bridgehead atoms. The van der Waals surface area contributed by atoms with Gasteiger partial charge in [0.1, 0.15) is 6.10 Å². The average molecular weight is 168 g/mol. The summed E-state index contributed by atoms with van der Waals surface area (Å²) >= 11 is 0. The van der Waals surface area contributed by atoms with E-state index in [4.69, 9.17) is 9.84 Å². The Kier molecular flexibility index (Phi) is 1.68. The number of aliphatic carboxylic acids is 1. The highest BCUT2D eigenvalue weighted by atomic mass is 16.6. The van der Waals surface area contributed by atoms with Gasteiger partial charge in [-0.25, -0.2) is 4.79 Å². The van der Waals surface area contributed by atoms with E-state index in [1.807, 2.05) is 0 Å². The molecule has 2 unspecified atom stereocenters. The smallest absolute Gasteiger partial charge is 0.331 e. The Morgan fingerprint density at radius 2 is 2.42 bits per heavy atom. The van der Waals surface area contributed by atoms with Crippen molar-refractivity contribution in [3.8, 4) is 0 Å². The van der Waals surface area contributed by atoms with Crippen molar-refractivity contribution in [2.24, 2.45) is 0 Å². The Labute approximate surface area is 71.0 Å². The third-order valence-corrected chi connectivity index (χ3v) is 2.66. The number of carbonyl (C=O) groups is 1. The fourth-order valence-corrected chi connectivity index (χ4v) is 1.84. The number of hydrogen-bond donors (Lipinski definition) is 1. The molecule has 1 N–H and O–H groups in total. The maximum atomic E-state index is 10.6. The topological polar surface area (TPSA) is 49.8 Å². The second-order valence-electron chi connectivity index (χ2n) is 3.44. The molecule has 0 spiro atoms. The summed E-state index contributed by atoms with van der Waals surface area (Å²) in [5.41, 5.74) is 1.50. The number of carboxylic acids is 1. The molecule has 2 atom stereocenters. The van der Waals surface area contributed by atoms with E-state index in [2.05, 4.69) is 0 Å². The van der Waals surface area contributed by atoms with Gasteiger partial charge in [0.2, 0.25) is 0 Å². The number of fused-ring (bicyclic) bond motifs is 1. The van der Waals surface area contributed by atoms with Gasteiger partial charge in [-0.2, -0.15) is 0 Å². The van der Waals surface area contributed by atoms with Crippen LogP contribution in [0.2, 0.25) is 0 Å². The van der Waals surface area contributed by atoms with Gasteiger partial charge in [0, 0.05) is 5.57 Å². The second kappa shape index (κ2) is 2.59. The highest BCUT2D eigenvalue weighted by molar-refractivity contribution is 5.87. The largest absolute Gasteiger partial charge is 0.478 e. The van der Waals surface area contributed by atoms with Crippen molar-refractivity contribution >= 4 is 5.97 Å². The van der Waals surface area contributed by atoms with E-state index < -0.39 is 5.97 Å². The van der Waals surface area contributed by atoms with Gasteiger partial charge in [-0.1, -0.05) is 0 Å². The van der Waals surface area contributed by atoms with Gasteiger partial charge in [0.05, 0.1) is 6.10 Å². The van der Waals surface area contributed by atoms with E-state index in [0.29, 0.717) is 11.7 Å². The van der Waals surface area contributed by atoms with Gasteiger partial charge < -0.3 is 9.84 Å². The summed E-state index contributed by atoms with van der Waals surface area (Å²) in [4.78, 5) is 10.6. The molecular weight excluding hydrogens is 156 g/mol. The molecule has 0 amide bonds. The van der Waals surface area contributed by atoms with Crippen molar-refractivity contribution in [1.82, 2.24) is 0 Å². The lowest BCUT2D eigenvalue weighted by atomic mass is 9.91. The molecule has 66 valence electrons. The van der Waals surface area contributed by atoms with Crippen LogP contribution in [-0.2, 0) is 9.53 Å². The first-order valence-corrected chi connectivity index (χ1v) is 4.28. The van der Waals surface area contributed by atoms with E-state index in [-0.39, 0.29) is 6.10 Å². The summed E-state index contributed by atoms with van der Waals surface area (Å²) in [6.45, 7) is 1.67. The zero-order valence-corrected chi connectivity index (χ0v) is 7.04. The normalized spacial score (nSPS) is 37.1. The molecule has 3 nitrogen and oxygen atoms in total. The van der Waals surface area contributed by atoms with E-state index >= 15 is 0 Å². The molecule has 2 rings (SSSR count). The third kappa shape index (κ3) is 1.14. The Morgan fingerprint density at radius 1 is 1.67 bits per heavy atom. The van der Waals surface area contributed by atoms with Crippen LogP contribution < -0.4 is 0 Å². The van der Waals surface area contributed by atoms with Crippen LogP contribution in [0.5, 0.6) is 0 Å². The standard InChI is InChI=1S/C9H12O3/c1-5(9(10)11)6-3-2-4-7-8(6)12-7/h7-8H,2-4H2,1H3,(H,10,11). The molecular formula is C9H12O3. The van der Waals surface area contributed by atoms with Crippen LogP contribution in [0.1, 0.15) is 26.2 Å². The number of epoxide rings is 1. The minimum atomic E-state index is -0.804. The van der Waals surface area contributed by atoms with Gasteiger partial charge in [-0.05, 0) is 31.8 Å². The fraction of sp³-hybridized carbons (Fsp3) is 0.667. The molecule has 3 heteroatoms. The average Bonchev–Trinajstić information content (AvgIpc) is 2.80. The molecule has 0 aromatic carbocycles. The number of ether oxygens (including phenoxy) is 1. The molecule has 1 heterocycles. The Bertz CT molecular complexity index is 254. The lowest BCUT2D eigenvalue weighted by Gasteiger charge is -2.10. The van der Waals surface area contributed by atoms with E-state index in [1.54, 1.807) is 6.92 Å². The van der Waals surface area contributed by atoms with Gasteiger partial charge in [-0.3, -0.25) is 0 Å². The molecule has 0 aromatic heterocycles. The summed E-state index contributed by atoms with van der Waals surface area (Å²) in [5.74, 6) is -0.804. The molecule has 2 aliphatic rings. The zero-order chi connectivity index (χ0) is 8.72. The van der Waals surface area contributed by atoms with Crippen molar-refractivity contribution in [2.45, 2.75) is 38.4 Å². The Balaban J connectivity index is 2.21. The van der Waals surface area contributed by atoms with Crippen molar-refractivity contribution < 1.29 is 14.6 Å². The predicted octanol–water partition coefficient (Wildman–Crippen LogP) is 1.34. The van der Waals surface area contributed by atoms with Crippen LogP contribution in [0.15, 0.2) is 11.1 Å². The van der Waals surface area contributed by atoms with Gasteiger partial charge in [0.15, 0.2) is 0 Å². The molecule has 1 saturated heterocycles. The molecule has 12 heavy (non-hydrogen) atoms. The van der Waals surface area contributed by atoms with Gasteiger partial charge in [-0.15, -0.1) is 0 Å². The van der Waals surface area contributed by atoms with Crippen LogP contribution in [0.25, 0.3) is 0 Å². The lowest BCUT2D eigenvalue weighted by molar-refractivity contribution is -0.132. The monoisotopic (exact) mass is 168 g/mol. The van der Waals surface area contributed by atoms with Crippen molar-refractivity contribution in [3.05, 3.63) is 11.1 Å². The fourth-order valence-electron chi connectivity index (χ4n) is 1.84. The molecule has 2 fully saturated rings. The second-order valence-corrected chi connectivity index (χ2v) is 3.44. The SMILES string of the molecule is CC(C(=O)O)=C1CCCC2OC12. The maximum Gasteiger partial charge on any atom is 0.331 e. The zero-order valence-electron chi connectivity index (χ0n) is 7.04. The highest BCUT2D eigenvalue weighted by Gasteiger charge is 2.45. The van der Waals surface area contributed by atoms with Crippen LogP contribution in [0.4, 0.5) is 0 Å². The predicted molar refractivity (Wildman–Crippen MR) is 42.8 cm³/mol. The molecule has 1 saturated carbocycles. The molecule has 0 radical (unpaired) electrons. The molecule has 0 aromatic rings. The summed E-state index contributed by atoms with van der Waals surface area (Å²) in [5, 5.41) is 8.76. The minimum absolute atomic E-state index is 0.148. The van der Waals surface area contributed by atoms with E-state index in [9.17, 15) is 4.79 Å². The first-order chi connectivity index (χ1) is 5.70. The summed E-state index contributed by atoms with van der Waals surface area (Å²) in [6.07, 6.45) is 3.56. The minimum Gasteiger partial charge on any atom is -0.478 e. The van der Waals surface area contributed by atoms with Crippen molar-refractivity contribution in [2.75, 3.05) is 0 Å². The molecule has 1 aliphatic carbocycles. The van der Waals surface area contributed by atoms with Crippen molar-refractivity contribution in [3.63, 3.8) is 0 Å². The van der Waals surface area contributed by atoms with Crippen LogP contribution in [0.3, 0.4) is 0 Å². The summed E-state index contributed by atoms with van der Waals surface area (Å²) in [7, 11) is 0. The number of hydrogen-bond acceptors (Lipinski definition) is 2. The summed E-state index contributed by atoms with van der Waals surface area (Å²) < 4.78 is 5.34. The van der Waals surface area contributed by atoms with Crippen LogP contribution in [0, 0.1) is 0 Å². The van der Waals surface area contributed by atoms with Crippen LogP contribution >= 0.6 is 0 Å². The highest BCUT2D eigenvalue weighted by Crippen LogP contribution is 2.41. The Hall–Kier alpha value is -0.830. The quantitative estimate of drug-likeness (QED) is 0.474. The van der Waals surface area contributed by atoms with Crippen molar-refractivity contribution in [1.29, 1.82) is 0 Å². The van der Waals surface area contributed by atoms with Gasteiger partial charge >= 0.3 is 5.97 Å². The van der Waals surface area contributed by atoms with E-state index in [0.717, 1.165) is 24.8 Å². The third-order valence-electron chi connectivity index (χ3n) is 2.66. The van der Waals surface area contributed by atoms with Gasteiger partial charge in [0.25, 0.3) is 0 Å². The maximum absolute atomic E-state index is 10.6. The van der Waals surface area contributed by atoms with E-state index in [1.165, 1.54) is 0 Å². The Morgan fingerprint density at radius 3 is 3.08 bits per heavy atom. The van der Waals surface area contributed by atoms with Crippen LogP contribution in [-0.4, -0.2) is 23.3 Å². The summed E-state index contributed by atoms with van der Waals surface area (Å²) in [6, 6.07) is 0. The first-order valence-electron chi connectivity index (χ1n) is 4.28. The number of rotatable bonds is 1. The lowest BCUT2D eigenvalue weighted by Crippen LogP contribution is -2.11. The molecule has 1 aliphatic heterocycles. The first kappa shape index (κ1) is 7.80.